The summed E-state index contributed by atoms with van der Waals surface area (Å²) < 4.78 is 1.05. The summed E-state index contributed by atoms with van der Waals surface area (Å²) in [6.07, 6.45) is 5.02. The van der Waals surface area contributed by atoms with Crippen molar-refractivity contribution in [3.8, 4) is 0 Å². The molecule has 0 radical (unpaired) electrons. The monoisotopic (exact) mass is 424 g/mol. The largest absolute Gasteiger partial charge is 0.341 e. The van der Waals surface area contributed by atoms with E-state index < -0.39 is 0 Å². The maximum atomic E-state index is 12.8. The molecule has 0 bridgehead atoms. The number of thioether (sulfide) groups is 1. The highest BCUT2D eigenvalue weighted by atomic mass is 79.9. The normalized spacial score (nSPS) is 20.8. The van der Waals surface area contributed by atoms with Gasteiger partial charge < -0.3 is 9.80 Å². The molecule has 0 aliphatic carbocycles. The summed E-state index contributed by atoms with van der Waals surface area (Å²) in [5, 5.41) is 0. The summed E-state index contributed by atoms with van der Waals surface area (Å²) in [7, 11) is 0. The third-order valence-corrected chi connectivity index (χ3v) is 6.67. The maximum absolute atomic E-state index is 12.8. The Hall–Kier alpha value is -1.01. The van der Waals surface area contributed by atoms with E-state index in [1.165, 1.54) is 0 Å². The number of nitrogens with zero attached hydrogens (tertiary/aromatic N) is 2. The van der Waals surface area contributed by atoms with Gasteiger partial charge in [-0.1, -0.05) is 15.9 Å². The van der Waals surface area contributed by atoms with Gasteiger partial charge in [0.2, 0.25) is 11.8 Å². The van der Waals surface area contributed by atoms with Gasteiger partial charge in [-0.05, 0) is 62.8 Å². The first-order valence-electron chi connectivity index (χ1n) is 9.03. The third kappa shape index (κ3) is 4.59. The molecule has 1 atom stereocenters. The van der Waals surface area contributed by atoms with Gasteiger partial charge in [-0.25, -0.2) is 0 Å². The van der Waals surface area contributed by atoms with E-state index in [4.69, 9.17) is 0 Å². The van der Waals surface area contributed by atoms with Crippen molar-refractivity contribution < 1.29 is 9.59 Å². The second-order valence-corrected chi connectivity index (χ2v) is 8.76. The molecule has 0 N–H and O–H groups in total. The molecule has 2 saturated heterocycles. The predicted octanol–water partition coefficient (Wildman–Crippen LogP) is 3.85. The molecule has 3 rings (SSSR count). The Labute approximate surface area is 162 Å². The summed E-state index contributed by atoms with van der Waals surface area (Å²) in [5.41, 5.74) is 1.16. The van der Waals surface area contributed by atoms with Crippen LogP contribution in [0.25, 0.3) is 0 Å². The van der Waals surface area contributed by atoms with Crippen LogP contribution in [0.5, 0.6) is 0 Å². The van der Waals surface area contributed by atoms with E-state index >= 15 is 0 Å². The Morgan fingerprint density at radius 1 is 1.16 bits per heavy atom. The van der Waals surface area contributed by atoms with E-state index in [0.717, 1.165) is 60.1 Å². The quantitative estimate of drug-likeness (QED) is 0.688. The number of hydrogen-bond acceptors (Lipinski definition) is 3. The van der Waals surface area contributed by atoms with Gasteiger partial charge >= 0.3 is 0 Å². The summed E-state index contributed by atoms with van der Waals surface area (Å²) in [4.78, 5) is 30.5. The van der Waals surface area contributed by atoms with E-state index in [1.54, 1.807) is 11.8 Å². The first-order valence-corrected chi connectivity index (χ1v) is 10.8. The van der Waals surface area contributed by atoms with Crippen molar-refractivity contribution in [1.82, 2.24) is 9.80 Å². The fourth-order valence-electron chi connectivity index (χ4n) is 3.63. The van der Waals surface area contributed by atoms with Crippen LogP contribution in [0.1, 0.15) is 37.7 Å². The van der Waals surface area contributed by atoms with Crippen LogP contribution in [-0.2, 0) is 9.59 Å². The minimum Gasteiger partial charge on any atom is -0.341 e. The van der Waals surface area contributed by atoms with Crippen molar-refractivity contribution in [3.05, 3.63) is 28.2 Å². The smallest absolute Gasteiger partial charge is 0.245 e. The van der Waals surface area contributed by atoms with Gasteiger partial charge in [0.1, 0.15) is 6.04 Å². The fraction of sp³-hybridized carbons (Fsp3) is 0.579. The van der Waals surface area contributed by atoms with Crippen LogP contribution in [0.3, 0.4) is 0 Å². The molecule has 2 fully saturated rings. The molecule has 2 amide bonds. The van der Waals surface area contributed by atoms with E-state index in [2.05, 4.69) is 28.9 Å². The maximum Gasteiger partial charge on any atom is 0.245 e. The Balaban J connectivity index is 1.63. The highest BCUT2D eigenvalue weighted by molar-refractivity contribution is 9.10. The topological polar surface area (TPSA) is 40.6 Å². The molecule has 1 aromatic rings. The molecule has 25 heavy (non-hydrogen) atoms. The number of aryl methyl sites for hydroxylation is 1. The van der Waals surface area contributed by atoms with Crippen molar-refractivity contribution in [3.63, 3.8) is 0 Å². The molecule has 136 valence electrons. The number of hydrogen-bond donors (Lipinski definition) is 0. The SMILES string of the molecule is Cc1cc(Br)ccc1SCC(=O)N1CCCCC1C(=O)N1CCCC1. The Morgan fingerprint density at radius 3 is 2.60 bits per heavy atom. The molecule has 0 aromatic heterocycles. The second kappa shape index (κ2) is 8.58. The number of amides is 2. The minimum absolute atomic E-state index is 0.0876. The van der Waals surface area contributed by atoms with Crippen molar-refractivity contribution >= 4 is 39.5 Å². The van der Waals surface area contributed by atoms with E-state index in [9.17, 15) is 9.59 Å². The predicted molar refractivity (Wildman–Crippen MR) is 105 cm³/mol. The molecule has 1 aromatic carbocycles. The number of carbonyl (C=O) groups is 2. The summed E-state index contributed by atoms with van der Waals surface area (Å²) in [5.74, 6) is 0.645. The van der Waals surface area contributed by atoms with Crippen molar-refractivity contribution in [1.29, 1.82) is 0 Å². The summed E-state index contributed by atoms with van der Waals surface area (Å²) in [6.45, 7) is 4.47. The number of rotatable bonds is 4. The molecular weight excluding hydrogens is 400 g/mol. The first-order chi connectivity index (χ1) is 12.1. The Morgan fingerprint density at radius 2 is 1.88 bits per heavy atom. The lowest BCUT2D eigenvalue weighted by molar-refractivity contribution is -0.145. The van der Waals surface area contributed by atoms with Gasteiger partial charge in [-0.3, -0.25) is 9.59 Å². The highest BCUT2D eigenvalue weighted by Gasteiger charge is 2.35. The minimum atomic E-state index is -0.244. The van der Waals surface area contributed by atoms with E-state index in [0.29, 0.717) is 12.3 Å². The van der Waals surface area contributed by atoms with Gasteiger partial charge in [-0.2, -0.15) is 0 Å². The fourth-order valence-corrected chi connectivity index (χ4v) is 5.00. The molecular formula is C19H25BrN2O2S. The lowest BCUT2D eigenvalue weighted by Crippen LogP contribution is -2.53. The standard InChI is InChI=1S/C19H25BrN2O2S/c1-14-12-15(20)7-8-17(14)25-13-18(23)22-11-3-2-6-16(22)19(24)21-9-4-5-10-21/h7-8,12,16H,2-6,9-11,13H2,1H3. The molecule has 0 spiro atoms. The molecule has 2 aliphatic rings. The highest BCUT2D eigenvalue weighted by Crippen LogP contribution is 2.27. The Bertz CT molecular complexity index is 646. The zero-order valence-electron chi connectivity index (χ0n) is 14.7. The van der Waals surface area contributed by atoms with Crippen LogP contribution < -0.4 is 0 Å². The molecule has 2 aliphatic heterocycles. The van der Waals surface area contributed by atoms with E-state index in [-0.39, 0.29) is 17.9 Å². The summed E-state index contributed by atoms with van der Waals surface area (Å²) >= 11 is 5.03. The lowest BCUT2D eigenvalue weighted by Gasteiger charge is -2.36. The van der Waals surface area contributed by atoms with E-state index in [1.807, 2.05) is 21.9 Å². The average molecular weight is 425 g/mol. The summed E-state index contributed by atoms with van der Waals surface area (Å²) in [6, 6.07) is 5.86. The van der Waals surface area contributed by atoms with Crippen molar-refractivity contribution in [2.24, 2.45) is 0 Å². The Kier molecular flexibility index (Phi) is 6.44. The molecule has 1 unspecified atom stereocenters. The van der Waals surface area contributed by atoms with Gasteiger partial charge in [0, 0.05) is 29.0 Å². The average Bonchev–Trinajstić information content (AvgIpc) is 3.15. The van der Waals surface area contributed by atoms with Crippen molar-refractivity contribution in [2.45, 2.75) is 50.0 Å². The molecule has 2 heterocycles. The number of benzene rings is 1. The van der Waals surface area contributed by atoms with Crippen molar-refractivity contribution in [2.75, 3.05) is 25.4 Å². The first kappa shape index (κ1) is 18.8. The van der Waals surface area contributed by atoms with Crippen LogP contribution in [-0.4, -0.2) is 53.0 Å². The van der Waals surface area contributed by atoms with Crippen LogP contribution in [0, 0.1) is 6.92 Å². The van der Waals surface area contributed by atoms with Crippen LogP contribution in [0.15, 0.2) is 27.6 Å². The van der Waals surface area contributed by atoms with Gasteiger partial charge in [0.05, 0.1) is 5.75 Å². The molecule has 6 heteroatoms. The van der Waals surface area contributed by atoms with Gasteiger partial charge in [-0.15, -0.1) is 11.8 Å². The number of halogens is 1. The third-order valence-electron chi connectivity index (χ3n) is 5.01. The lowest BCUT2D eigenvalue weighted by atomic mass is 10.0. The van der Waals surface area contributed by atoms with Gasteiger partial charge in [0.25, 0.3) is 0 Å². The second-order valence-electron chi connectivity index (χ2n) is 6.83. The molecule has 0 saturated carbocycles. The number of likely N-dealkylation sites (tertiary alicyclic amines) is 2. The zero-order valence-corrected chi connectivity index (χ0v) is 17.1. The van der Waals surface area contributed by atoms with Gasteiger partial charge in [0.15, 0.2) is 0 Å². The number of carbonyl (C=O) groups excluding carboxylic acids is 2. The van der Waals surface area contributed by atoms with Crippen LogP contribution in [0.2, 0.25) is 0 Å². The zero-order chi connectivity index (χ0) is 17.8. The molecule has 4 nitrogen and oxygen atoms in total. The number of piperidine rings is 1. The van der Waals surface area contributed by atoms with Crippen LogP contribution in [0.4, 0.5) is 0 Å². The van der Waals surface area contributed by atoms with Crippen LogP contribution >= 0.6 is 27.7 Å².